The maximum Gasteiger partial charge on any atom is 0.435 e. The van der Waals surface area contributed by atoms with E-state index in [1.165, 1.54) is 4.68 Å². The molecule has 0 atom stereocenters. The van der Waals surface area contributed by atoms with E-state index in [0.717, 1.165) is 11.6 Å². The number of hydrogen-bond donors (Lipinski definition) is 0. The lowest BCUT2D eigenvalue weighted by atomic mass is 10.1. The summed E-state index contributed by atoms with van der Waals surface area (Å²) in [5.74, 6) is 0. The summed E-state index contributed by atoms with van der Waals surface area (Å²) < 4.78 is 38.7. The van der Waals surface area contributed by atoms with Crippen LogP contribution in [0.5, 0.6) is 0 Å². The Kier molecular flexibility index (Phi) is 1.95. The minimum Gasteiger partial charge on any atom is -0.221 e. The van der Waals surface area contributed by atoms with Gasteiger partial charge >= 0.3 is 6.18 Å². The van der Waals surface area contributed by atoms with Crippen LogP contribution in [0.1, 0.15) is 11.3 Å². The van der Waals surface area contributed by atoms with E-state index in [0.29, 0.717) is 16.2 Å². The van der Waals surface area contributed by atoms with E-state index in [1.54, 1.807) is 24.3 Å². The second-order valence-corrected chi connectivity index (χ2v) is 4.06. The normalized spacial score (nSPS) is 13.7. The van der Waals surface area contributed by atoms with E-state index in [2.05, 4.69) is 5.10 Å². The lowest BCUT2D eigenvalue weighted by molar-refractivity contribution is -0.141. The van der Waals surface area contributed by atoms with Gasteiger partial charge in [0, 0.05) is 11.1 Å². The molecule has 0 saturated carbocycles. The van der Waals surface area contributed by atoms with Gasteiger partial charge in [0.1, 0.15) is 4.99 Å². The zero-order valence-corrected chi connectivity index (χ0v) is 9.14. The molecule has 3 rings (SSSR count). The van der Waals surface area contributed by atoms with Crippen molar-refractivity contribution in [2.24, 2.45) is 0 Å². The van der Waals surface area contributed by atoms with Gasteiger partial charge in [-0.3, -0.25) is 0 Å². The molecule has 6 heteroatoms. The standard InChI is InChI=1S/C11H5F3N2S/c12-11(13,14)9-5-8-6-3-1-2-4-7(6)10(17)16(8)15-9/h1-5H. The monoisotopic (exact) mass is 254 g/mol. The summed E-state index contributed by atoms with van der Waals surface area (Å²) in [6, 6.07) is 8.10. The number of nitrogens with zero attached hydrogens (tertiary/aromatic N) is 2. The lowest BCUT2D eigenvalue weighted by Gasteiger charge is -2.02. The molecule has 86 valence electrons. The molecular formula is C11H5F3N2S. The highest BCUT2D eigenvalue weighted by molar-refractivity contribution is 7.80. The first-order valence-corrected chi connectivity index (χ1v) is 5.20. The van der Waals surface area contributed by atoms with Gasteiger partial charge in [0.15, 0.2) is 5.69 Å². The molecule has 0 unspecified atom stereocenters. The fourth-order valence-corrected chi connectivity index (χ4v) is 2.19. The molecular weight excluding hydrogens is 249 g/mol. The number of benzene rings is 1. The molecule has 2 heterocycles. The van der Waals surface area contributed by atoms with Crippen LogP contribution in [0.4, 0.5) is 13.2 Å². The topological polar surface area (TPSA) is 17.8 Å². The van der Waals surface area contributed by atoms with Gasteiger partial charge in [0.05, 0.1) is 5.69 Å². The Labute approximate surface area is 99.7 Å². The number of rotatable bonds is 0. The first-order valence-electron chi connectivity index (χ1n) is 4.80. The van der Waals surface area contributed by atoms with Gasteiger partial charge in [0.2, 0.25) is 0 Å². The minimum atomic E-state index is -4.44. The second kappa shape index (κ2) is 3.16. The Morgan fingerprint density at radius 2 is 1.76 bits per heavy atom. The maximum atomic E-state index is 12.5. The zero-order chi connectivity index (χ0) is 12.2. The summed E-state index contributed by atoms with van der Waals surface area (Å²) in [6.45, 7) is 0. The molecule has 0 bridgehead atoms. The molecule has 1 aliphatic rings. The summed E-state index contributed by atoms with van der Waals surface area (Å²) >= 11 is 5.10. The smallest absolute Gasteiger partial charge is 0.221 e. The van der Waals surface area contributed by atoms with Crippen LogP contribution in [0.3, 0.4) is 0 Å². The minimum absolute atomic E-state index is 0.311. The average Bonchev–Trinajstić information content (AvgIpc) is 2.80. The van der Waals surface area contributed by atoms with Crippen molar-refractivity contribution >= 4 is 17.2 Å². The molecule has 2 aromatic rings. The molecule has 1 aromatic carbocycles. The summed E-state index contributed by atoms with van der Waals surface area (Å²) in [6.07, 6.45) is -4.44. The van der Waals surface area contributed by atoms with Crippen LogP contribution >= 0.6 is 12.2 Å². The Morgan fingerprint density at radius 3 is 2.41 bits per heavy atom. The van der Waals surface area contributed by atoms with Gasteiger partial charge in [-0.1, -0.05) is 36.5 Å². The quantitative estimate of drug-likeness (QED) is 0.574. The van der Waals surface area contributed by atoms with E-state index in [-0.39, 0.29) is 0 Å². The number of thiocarbonyl (C=S) groups is 1. The Morgan fingerprint density at radius 1 is 1.12 bits per heavy atom. The zero-order valence-electron chi connectivity index (χ0n) is 8.32. The molecule has 1 aromatic heterocycles. The molecule has 0 aliphatic carbocycles. The number of aromatic nitrogens is 2. The number of hydrogen-bond acceptors (Lipinski definition) is 2. The Balaban J connectivity index is 2.24. The maximum absolute atomic E-state index is 12.5. The van der Waals surface area contributed by atoms with Gasteiger partial charge in [-0.25, -0.2) is 4.68 Å². The Bertz CT molecular complexity index is 628. The molecule has 0 fully saturated rings. The van der Waals surface area contributed by atoms with Gasteiger partial charge in [-0.15, -0.1) is 0 Å². The van der Waals surface area contributed by atoms with Crippen LogP contribution in [-0.2, 0) is 6.18 Å². The molecule has 2 nitrogen and oxygen atoms in total. The van der Waals surface area contributed by atoms with Gasteiger partial charge in [-0.2, -0.15) is 18.3 Å². The molecule has 0 amide bonds. The third kappa shape index (κ3) is 1.40. The second-order valence-electron chi connectivity index (χ2n) is 3.68. The van der Waals surface area contributed by atoms with Crippen molar-refractivity contribution in [3.63, 3.8) is 0 Å². The van der Waals surface area contributed by atoms with Crippen molar-refractivity contribution in [3.05, 3.63) is 41.6 Å². The molecule has 0 radical (unpaired) electrons. The van der Waals surface area contributed by atoms with Crippen LogP contribution < -0.4 is 0 Å². The van der Waals surface area contributed by atoms with E-state index in [4.69, 9.17) is 12.2 Å². The highest BCUT2D eigenvalue weighted by atomic mass is 32.1. The fourth-order valence-electron chi connectivity index (χ4n) is 1.87. The third-order valence-electron chi connectivity index (χ3n) is 2.63. The van der Waals surface area contributed by atoms with Crippen LogP contribution in [0.15, 0.2) is 30.3 Å². The van der Waals surface area contributed by atoms with Gasteiger partial charge in [-0.05, 0) is 6.07 Å². The SMILES string of the molecule is FC(F)(F)c1cc2n(n1)C(=S)c1ccccc1-2. The van der Waals surface area contributed by atoms with Crippen LogP contribution in [-0.4, -0.2) is 14.8 Å². The van der Waals surface area contributed by atoms with Gasteiger partial charge in [0.25, 0.3) is 0 Å². The van der Waals surface area contributed by atoms with Crippen molar-refractivity contribution in [1.82, 2.24) is 9.78 Å². The van der Waals surface area contributed by atoms with Gasteiger partial charge < -0.3 is 0 Å². The predicted molar refractivity (Wildman–Crippen MR) is 59.8 cm³/mol. The van der Waals surface area contributed by atoms with E-state index in [9.17, 15) is 13.2 Å². The lowest BCUT2D eigenvalue weighted by Crippen LogP contribution is -2.11. The molecule has 17 heavy (non-hydrogen) atoms. The summed E-state index contributed by atoms with van der Waals surface area (Å²) in [4.78, 5) is 0.311. The third-order valence-corrected chi connectivity index (χ3v) is 3.02. The Hall–Kier alpha value is -1.69. The van der Waals surface area contributed by atoms with Crippen molar-refractivity contribution in [1.29, 1.82) is 0 Å². The predicted octanol–water partition coefficient (Wildman–Crippen LogP) is 3.11. The molecule has 1 aliphatic heterocycles. The van der Waals surface area contributed by atoms with Crippen molar-refractivity contribution in [3.8, 4) is 11.3 Å². The summed E-state index contributed by atoms with van der Waals surface area (Å²) in [5.41, 5.74) is 0.932. The van der Waals surface area contributed by atoms with Crippen molar-refractivity contribution < 1.29 is 13.2 Å². The fraction of sp³-hybridized carbons (Fsp3) is 0.0909. The molecule has 0 saturated heterocycles. The molecule has 0 N–H and O–H groups in total. The van der Waals surface area contributed by atoms with Crippen LogP contribution in [0.2, 0.25) is 0 Å². The van der Waals surface area contributed by atoms with E-state index < -0.39 is 11.9 Å². The number of halogens is 3. The first-order chi connectivity index (χ1) is 7.98. The highest BCUT2D eigenvalue weighted by Crippen LogP contribution is 2.36. The van der Waals surface area contributed by atoms with E-state index >= 15 is 0 Å². The summed E-state index contributed by atoms with van der Waals surface area (Å²) in [5, 5.41) is 3.51. The molecule has 0 spiro atoms. The average molecular weight is 254 g/mol. The largest absolute Gasteiger partial charge is 0.435 e. The summed E-state index contributed by atoms with van der Waals surface area (Å²) in [7, 11) is 0. The highest BCUT2D eigenvalue weighted by Gasteiger charge is 2.37. The first kappa shape index (κ1) is 10.5. The van der Waals surface area contributed by atoms with Crippen molar-refractivity contribution in [2.45, 2.75) is 6.18 Å². The van der Waals surface area contributed by atoms with E-state index in [1.807, 2.05) is 0 Å². The van der Waals surface area contributed by atoms with Crippen LogP contribution in [0.25, 0.3) is 11.3 Å². The van der Waals surface area contributed by atoms with Crippen LogP contribution in [0, 0.1) is 0 Å². The number of alkyl halides is 3. The van der Waals surface area contributed by atoms with Crippen molar-refractivity contribution in [2.75, 3.05) is 0 Å². The number of fused-ring (bicyclic) bond motifs is 3.